The number of rotatable bonds is 5. The fraction of sp³-hybridized carbons (Fsp3) is 0.455. The zero-order valence-corrected chi connectivity index (χ0v) is 14.2. The molecule has 2 aromatic carbocycles. The van der Waals surface area contributed by atoms with Gasteiger partial charge < -0.3 is 0 Å². The lowest BCUT2D eigenvalue weighted by molar-refractivity contribution is 0.534. The number of hydrogen-bond acceptors (Lipinski definition) is 0. The summed E-state index contributed by atoms with van der Waals surface area (Å²) in [7, 11) is 0. The van der Waals surface area contributed by atoms with Gasteiger partial charge in [0.1, 0.15) is 0 Å². The van der Waals surface area contributed by atoms with Gasteiger partial charge in [0.2, 0.25) is 0 Å². The Morgan fingerprint density at radius 2 is 1.55 bits per heavy atom. The average molecular weight is 292 g/mol. The molecule has 0 amide bonds. The van der Waals surface area contributed by atoms with E-state index in [1.54, 1.807) is 5.56 Å². The Bertz CT molecular complexity index is 599. The molecule has 1 aliphatic rings. The summed E-state index contributed by atoms with van der Waals surface area (Å²) < 4.78 is 0. The van der Waals surface area contributed by atoms with Gasteiger partial charge in [-0.2, -0.15) is 0 Å². The second kappa shape index (κ2) is 6.28. The fourth-order valence-corrected chi connectivity index (χ4v) is 3.51. The standard InChI is InChI=1S/C22H28/c1-22(2,3)21-12-8-7-11-20(21)19(16-18-13-14-18)15-17-9-5-4-6-10-17/h4-12,18-19H,13-16H2,1-3H3. The van der Waals surface area contributed by atoms with Crippen LogP contribution in [0.25, 0.3) is 0 Å². The van der Waals surface area contributed by atoms with Gasteiger partial charge in [-0.3, -0.25) is 0 Å². The van der Waals surface area contributed by atoms with Crippen LogP contribution in [0.15, 0.2) is 54.6 Å². The third kappa shape index (κ3) is 3.80. The quantitative estimate of drug-likeness (QED) is 0.623. The Hall–Kier alpha value is -1.56. The smallest absolute Gasteiger partial charge is 0.0116 e. The zero-order chi connectivity index (χ0) is 15.6. The molecule has 0 aromatic heterocycles. The summed E-state index contributed by atoms with van der Waals surface area (Å²) in [5, 5.41) is 0. The van der Waals surface area contributed by atoms with Crippen LogP contribution < -0.4 is 0 Å². The number of hydrogen-bond donors (Lipinski definition) is 0. The van der Waals surface area contributed by atoms with Crippen molar-refractivity contribution >= 4 is 0 Å². The molecule has 1 aliphatic carbocycles. The lowest BCUT2D eigenvalue weighted by Gasteiger charge is -2.28. The maximum absolute atomic E-state index is 2.37. The molecule has 0 radical (unpaired) electrons. The van der Waals surface area contributed by atoms with Crippen LogP contribution >= 0.6 is 0 Å². The van der Waals surface area contributed by atoms with E-state index in [2.05, 4.69) is 75.4 Å². The van der Waals surface area contributed by atoms with E-state index in [1.807, 2.05) is 0 Å². The van der Waals surface area contributed by atoms with Crippen molar-refractivity contribution < 1.29 is 0 Å². The second-order valence-corrected chi connectivity index (χ2v) is 7.90. The lowest BCUT2D eigenvalue weighted by Crippen LogP contribution is -2.17. The highest BCUT2D eigenvalue weighted by atomic mass is 14.3. The molecule has 116 valence electrons. The summed E-state index contributed by atoms with van der Waals surface area (Å²) in [4.78, 5) is 0. The predicted molar refractivity (Wildman–Crippen MR) is 95.4 cm³/mol. The Labute approximate surface area is 135 Å². The van der Waals surface area contributed by atoms with Crippen LogP contribution in [0.1, 0.15) is 62.6 Å². The first kappa shape index (κ1) is 15.3. The molecule has 1 fully saturated rings. The zero-order valence-electron chi connectivity index (χ0n) is 14.2. The third-order valence-electron chi connectivity index (χ3n) is 4.85. The van der Waals surface area contributed by atoms with Gasteiger partial charge in [0.05, 0.1) is 0 Å². The maximum Gasteiger partial charge on any atom is -0.0116 e. The minimum atomic E-state index is 0.217. The topological polar surface area (TPSA) is 0 Å². The molecule has 0 N–H and O–H groups in total. The van der Waals surface area contributed by atoms with E-state index >= 15 is 0 Å². The summed E-state index contributed by atoms with van der Waals surface area (Å²) >= 11 is 0. The molecule has 0 aliphatic heterocycles. The van der Waals surface area contributed by atoms with Crippen molar-refractivity contribution in [3.63, 3.8) is 0 Å². The predicted octanol–water partition coefficient (Wildman–Crippen LogP) is 6.11. The molecule has 3 rings (SSSR count). The van der Waals surface area contributed by atoms with Crippen molar-refractivity contribution in [2.45, 2.75) is 57.8 Å². The molecule has 0 spiro atoms. The molecule has 0 heteroatoms. The van der Waals surface area contributed by atoms with Crippen LogP contribution in [0.5, 0.6) is 0 Å². The van der Waals surface area contributed by atoms with Crippen LogP contribution in [0, 0.1) is 5.92 Å². The van der Waals surface area contributed by atoms with Crippen molar-refractivity contribution in [1.29, 1.82) is 0 Å². The molecule has 2 aromatic rings. The molecular weight excluding hydrogens is 264 g/mol. The monoisotopic (exact) mass is 292 g/mol. The molecular formula is C22H28. The fourth-order valence-electron chi connectivity index (χ4n) is 3.51. The summed E-state index contributed by atoms with van der Waals surface area (Å²) in [6.45, 7) is 7.01. The molecule has 1 atom stereocenters. The average Bonchev–Trinajstić information content (AvgIpc) is 3.31. The van der Waals surface area contributed by atoms with Crippen LogP contribution in [0.2, 0.25) is 0 Å². The van der Waals surface area contributed by atoms with Gasteiger partial charge in [0.15, 0.2) is 0 Å². The minimum absolute atomic E-state index is 0.217. The van der Waals surface area contributed by atoms with Gasteiger partial charge in [-0.1, -0.05) is 88.2 Å². The van der Waals surface area contributed by atoms with Crippen LogP contribution in [-0.4, -0.2) is 0 Å². The first-order valence-corrected chi connectivity index (χ1v) is 8.67. The Kier molecular flexibility index (Phi) is 4.38. The third-order valence-corrected chi connectivity index (χ3v) is 4.85. The molecule has 22 heavy (non-hydrogen) atoms. The van der Waals surface area contributed by atoms with E-state index < -0.39 is 0 Å². The van der Waals surface area contributed by atoms with E-state index in [0.29, 0.717) is 5.92 Å². The van der Waals surface area contributed by atoms with Crippen molar-refractivity contribution in [3.8, 4) is 0 Å². The largest absolute Gasteiger partial charge is 0.0622 e. The minimum Gasteiger partial charge on any atom is -0.0622 e. The highest BCUT2D eigenvalue weighted by Crippen LogP contribution is 2.42. The Balaban J connectivity index is 1.92. The van der Waals surface area contributed by atoms with E-state index in [-0.39, 0.29) is 5.41 Å². The van der Waals surface area contributed by atoms with Gasteiger partial charge in [-0.25, -0.2) is 0 Å². The Morgan fingerprint density at radius 3 is 2.18 bits per heavy atom. The number of benzene rings is 2. The van der Waals surface area contributed by atoms with Crippen LogP contribution in [0.4, 0.5) is 0 Å². The summed E-state index contributed by atoms with van der Waals surface area (Å²) in [6.07, 6.45) is 5.39. The Morgan fingerprint density at radius 1 is 0.909 bits per heavy atom. The molecule has 1 unspecified atom stereocenters. The first-order chi connectivity index (χ1) is 10.5. The first-order valence-electron chi connectivity index (χ1n) is 8.67. The molecule has 1 saturated carbocycles. The molecule has 0 nitrogen and oxygen atoms in total. The van der Waals surface area contributed by atoms with Crippen molar-refractivity contribution in [3.05, 3.63) is 71.3 Å². The van der Waals surface area contributed by atoms with E-state index in [0.717, 1.165) is 5.92 Å². The normalized spacial score (nSPS) is 16.5. The van der Waals surface area contributed by atoms with Crippen molar-refractivity contribution in [2.24, 2.45) is 5.92 Å². The van der Waals surface area contributed by atoms with Gasteiger partial charge in [0, 0.05) is 0 Å². The van der Waals surface area contributed by atoms with Gasteiger partial charge in [-0.05, 0) is 46.8 Å². The molecule has 0 heterocycles. The van der Waals surface area contributed by atoms with Crippen molar-refractivity contribution in [1.82, 2.24) is 0 Å². The van der Waals surface area contributed by atoms with Crippen molar-refractivity contribution in [2.75, 3.05) is 0 Å². The van der Waals surface area contributed by atoms with Crippen LogP contribution in [0.3, 0.4) is 0 Å². The van der Waals surface area contributed by atoms with Gasteiger partial charge in [-0.15, -0.1) is 0 Å². The van der Waals surface area contributed by atoms with Crippen LogP contribution in [-0.2, 0) is 11.8 Å². The van der Waals surface area contributed by atoms with Gasteiger partial charge in [0.25, 0.3) is 0 Å². The SMILES string of the molecule is CC(C)(C)c1ccccc1C(Cc1ccccc1)CC1CC1. The summed E-state index contributed by atoms with van der Waals surface area (Å²) in [6, 6.07) is 20.1. The summed E-state index contributed by atoms with van der Waals surface area (Å²) in [5.41, 5.74) is 4.79. The molecule has 0 bridgehead atoms. The van der Waals surface area contributed by atoms with Gasteiger partial charge >= 0.3 is 0 Å². The van der Waals surface area contributed by atoms with E-state index in [4.69, 9.17) is 0 Å². The molecule has 0 saturated heterocycles. The van der Waals surface area contributed by atoms with E-state index in [9.17, 15) is 0 Å². The highest BCUT2D eigenvalue weighted by Gasteiger charge is 2.29. The van der Waals surface area contributed by atoms with E-state index in [1.165, 1.54) is 36.8 Å². The second-order valence-electron chi connectivity index (χ2n) is 7.90. The maximum atomic E-state index is 2.37. The highest BCUT2D eigenvalue weighted by molar-refractivity contribution is 5.37. The summed E-state index contributed by atoms with van der Waals surface area (Å²) in [5.74, 6) is 1.62. The lowest BCUT2D eigenvalue weighted by atomic mass is 9.77.